The lowest BCUT2D eigenvalue weighted by molar-refractivity contribution is -0.131. The van der Waals surface area contributed by atoms with Gasteiger partial charge in [-0.15, -0.1) is 0 Å². The maximum Gasteiger partial charge on any atom is 0.226 e. The lowest BCUT2D eigenvalue weighted by Gasteiger charge is -2.34. The lowest BCUT2D eigenvalue weighted by Crippen LogP contribution is -2.48. The number of pyridine rings is 1. The number of amides is 1. The molecule has 28 heavy (non-hydrogen) atoms. The summed E-state index contributed by atoms with van der Waals surface area (Å²) in [6.45, 7) is 5.14. The number of hydrogen-bond donors (Lipinski definition) is 0. The van der Waals surface area contributed by atoms with Gasteiger partial charge in [0.05, 0.1) is 0 Å². The molecule has 4 rings (SSSR count). The first-order valence-corrected chi connectivity index (χ1v) is 10.6. The van der Waals surface area contributed by atoms with Crippen LogP contribution in [0.5, 0.6) is 0 Å². The number of thiazole rings is 1. The van der Waals surface area contributed by atoms with Gasteiger partial charge < -0.3 is 14.3 Å². The standard InChI is InChI=1S/C19H24N6O2S/c1-2-5-15-22-16(27-23-15)7-3-8-17(26)24-10-12-25(13-11-24)19-21-14-6-4-9-20-18(14)28-19/h4,6,9H,2-3,5,7-8,10-13H2,1H3. The summed E-state index contributed by atoms with van der Waals surface area (Å²) < 4.78 is 5.23. The summed E-state index contributed by atoms with van der Waals surface area (Å²) in [6.07, 6.45) is 5.52. The maximum absolute atomic E-state index is 12.5. The van der Waals surface area contributed by atoms with E-state index in [1.54, 1.807) is 17.5 Å². The van der Waals surface area contributed by atoms with E-state index in [-0.39, 0.29) is 5.91 Å². The first kappa shape index (κ1) is 18.8. The van der Waals surface area contributed by atoms with Crippen LogP contribution in [-0.4, -0.2) is 57.1 Å². The Hall–Kier alpha value is -2.55. The van der Waals surface area contributed by atoms with E-state index in [1.165, 1.54) is 0 Å². The smallest absolute Gasteiger partial charge is 0.226 e. The van der Waals surface area contributed by atoms with Crippen molar-refractivity contribution in [2.45, 2.75) is 39.0 Å². The first-order chi connectivity index (χ1) is 13.7. The van der Waals surface area contributed by atoms with E-state index in [2.05, 4.69) is 31.9 Å². The van der Waals surface area contributed by atoms with E-state index in [4.69, 9.17) is 4.52 Å². The average molecular weight is 401 g/mol. The minimum atomic E-state index is 0.193. The van der Waals surface area contributed by atoms with Crippen molar-refractivity contribution < 1.29 is 9.32 Å². The lowest BCUT2D eigenvalue weighted by atomic mass is 10.2. The van der Waals surface area contributed by atoms with Gasteiger partial charge in [0.2, 0.25) is 11.8 Å². The van der Waals surface area contributed by atoms with E-state index >= 15 is 0 Å². The van der Waals surface area contributed by atoms with Crippen molar-refractivity contribution in [2.24, 2.45) is 0 Å². The highest BCUT2D eigenvalue weighted by molar-refractivity contribution is 7.21. The molecule has 0 saturated carbocycles. The number of carbonyl (C=O) groups is 1. The van der Waals surface area contributed by atoms with E-state index in [1.807, 2.05) is 17.0 Å². The third-order valence-electron chi connectivity index (χ3n) is 4.82. The molecule has 148 valence electrons. The van der Waals surface area contributed by atoms with Crippen LogP contribution in [0.3, 0.4) is 0 Å². The number of piperazine rings is 1. The monoisotopic (exact) mass is 400 g/mol. The maximum atomic E-state index is 12.5. The van der Waals surface area contributed by atoms with Crippen molar-refractivity contribution in [3.05, 3.63) is 30.0 Å². The van der Waals surface area contributed by atoms with Crippen LogP contribution in [0.25, 0.3) is 10.3 Å². The fourth-order valence-electron chi connectivity index (χ4n) is 3.31. The molecule has 0 N–H and O–H groups in total. The quantitative estimate of drug-likeness (QED) is 0.602. The number of carbonyl (C=O) groups excluding carboxylic acids is 1. The Labute approximate surface area is 167 Å². The molecule has 1 saturated heterocycles. The Balaban J connectivity index is 1.23. The first-order valence-electron chi connectivity index (χ1n) is 9.78. The third-order valence-corrected chi connectivity index (χ3v) is 5.86. The molecule has 1 aliphatic rings. The largest absolute Gasteiger partial charge is 0.344 e. The molecule has 0 bridgehead atoms. The Kier molecular flexibility index (Phi) is 5.80. The number of fused-ring (bicyclic) bond motifs is 1. The molecule has 1 amide bonds. The molecule has 9 heteroatoms. The van der Waals surface area contributed by atoms with Gasteiger partial charge in [-0.05, 0) is 25.0 Å². The Morgan fingerprint density at radius 1 is 1.21 bits per heavy atom. The van der Waals surface area contributed by atoms with Crippen LogP contribution in [0, 0.1) is 0 Å². The predicted octanol–water partition coefficient (Wildman–Crippen LogP) is 2.70. The van der Waals surface area contributed by atoms with Crippen LogP contribution in [0.15, 0.2) is 22.9 Å². The van der Waals surface area contributed by atoms with Gasteiger partial charge in [-0.3, -0.25) is 4.79 Å². The van der Waals surface area contributed by atoms with Crippen molar-refractivity contribution >= 4 is 32.7 Å². The second kappa shape index (κ2) is 8.64. The Morgan fingerprint density at radius 3 is 2.86 bits per heavy atom. The van der Waals surface area contributed by atoms with Crippen LogP contribution in [-0.2, 0) is 17.6 Å². The van der Waals surface area contributed by atoms with Gasteiger partial charge in [0.25, 0.3) is 0 Å². The second-order valence-electron chi connectivity index (χ2n) is 6.90. The van der Waals surface area contributed by atoms with E-state index in [0.29, 0.717) is 18.7 Å². The Bertz CT molecular complexity index is 898. The van der Waals surface area contributed by atoms with E-state index in [0.717, 1.165) is 66.7 Å². The molecule has 8 nitrogen and oxygen atoms in total. The predicted molar refractivity (Wildman–Crippen MR) is 107 cm³/mol. The van der Waals surface area contributed by atoms with Gasteiger partial charge >= 0.3 is 0 Å². The molecule has 0 radical (unpaired) electrons. The Morgan fingerprint density at radius 2 is 2.07 bits per heavy atom. The number of nitrogens with zero attached hydrogens (tertiary/aromatic N) is 6. The summed E-state index contributed by atoms with van der Waals surface area (Å²) in [7, 11) is 0. The highest BCUT2D eigenvalue weighted by Crippen LogP contribution is 2.27. The van der Waals surface area contributed by atoms with Gasteiger partial charge in [0.15, 0.2) is 11.0 Å². The molecule has 1 fully saturated rings. The molecule has 0 aromatic carbocycles. The number of aryl methyl sites for hydroxylation is 2. The van der Waals surface area contributed by atoms with E-state index < -0.39 is 0 Å². The highest BCUT2D eigenvalue weighted by Gasteiger charge is 2.23. The topological polar surface area (TPSA) is 88.3 Å². The minimum Gasteiger partial charge on any atom is -0.344 e. The molecular weight excluding hydrogens is 376 g/mol. The van der Waals surface area contributed by atoms with Crippen molar-refractivity contribution in [3.8, 4) is 0 Å². The zero-order valence-corrected chi connectivity index (χ0v) is 16.8. The molecule has 0 aliphatic carbocycles. The van der Waals surface area contributed by atoms with Crippen molar-refractivity contribution in [1.29, 1.82) is 0 Å². The molecule has 1 aliphatic heterocycles. The molecule has 0 atom stereocenters. The van der Waals surface area contributed by atoms with Gasteiger partial charge in [-0.2, -0.15) is 4.98 Å². The average Bonchev–Trinajstić information content (AvgIpc) is 3.35. The number of rotatable bonds is 7. The zero-order chi connectivity index (χ0) is 19.3. The molecule has 4 heterocycles. The minimum absolute atomic E-state index is 0.193. The van der Waals surface area contributed by atoms with Gasteiger partial charge in [0.1, 0.15) is 10.3 Å². The van der Waals surface area contributed by atoms with E-state index in [9.17, 15) is 4.79 Å². The fourth-order valence-corrected chi connectivity index (χ4v) is 4.27. The highest BCUT2D eigenvalue weighted by atomic mass is 32.1. The molecule has 0 unspecified atom stereocenters. The van der Waals surface area contributed by atoms with Crippen LogP contribution < -0.4 is 4.90 Å². The van der Waals surface area contributed by atoms with Crippen LogP contribution >= 0.6 is 11.3 Å². The summed E-state index contributed by atoms with van der Waals surface area (Å²) in [4.78, 5) is 31.0. The SMILES string of the molecule is CCCc1noc(CCCC(=O)N2CCN(c3nc4cccnc4s3)CC2)n1. The fraction of sp³-hybridized carbons (Fsp3) is 0.526. The summed E-state index contributed by atoms with van der Waals surface area (Å²) in [5.74, 6) is 1.58. The normalized spacial score (nSPS) is 14.8. The summed E-state index contributed by atoms with van der Waals surface area (Å²) >= 11 is 1.61. The van der Waals surface area contributed by atoms with Crippen molar-refractivity contribution in [3.63, 3.8) is 0 Å². The number of aromatic nitrogens is 4. The van der Waals surface area contributed by atoms with Gasteiger partial charge in [-0.1, -0.05) is 23.4 Å². The molecule has 3 aromatic rings. The van der Waals surface area contributed by atoms with Crippen molar-refractivity contribution in [2.75, 3.05) is 31.1 Å². The van der Waals surface area contributed by atoms with Crippen molar-refractivity contribution in [1.82, 2.24) is 25.0 Å². The summed E-state index contributed by atoms with van der Waals surface area (Å²) in [5, 5.41) is 4.94. The zero-order valence-electron chi connectivity index (χ0n) is 16.0. The molecule has 3 aromatic heterocycles. The van der Waals surface area contributed by atoms with Crippen LogP contribution in [0.4, 0.5) is 5.13 Å². The second-order valence-corrected chi connectivity index (χ2v) is 7.86. The number of anilines is 1. The molecular formula is C19H24N6O2S. The van der Waals surface area contributed by atoms with Crippen LogP contribution in [0.2, 0.25) is 0 Å². The summed E-state index contributed by atoms with van der Waals surface area (Å²) in [6, 6.07) is 3.89. The van der Waals surface area contributed by atoms with Gasteiger partial charge in [-0.25, -0.2) is 9.97 Å². The van der Waals surface area contributed by atoms with Crippen LogP contribution in [0.1, 0.15) is 37.9 Å². The molecule has 0 spiro atoms. The third kappa shape index (κ3) is 4.30. The summed E-state index contributed by atoms with van der Waals surface area (Å²) in [5.41, 5.74) is 0.934. The van der Waals surface area contributed by atoms with Gasteiger partial charge in [0, 0.05) is 51.6 Å². The number of hydrogen-bond acceptors (Lipinski definition) is 8.